The molecule has 1 aliphatic rings. The fourth-order valence-electron chi connectivity index (χ4n) is 1.65. The van der Waals surface area contributed by atoms with Gasteiger partial charge in [-0.25, -0.2) is 0 Å². The van der Waals surface area contributed by atoms with E-state index in [9.17, 15) is 4.79 Å². The Kier molecular flexibility index (Phi) is 3.67. The average Bonchev–Trinajstić information content (AvgIpc) is 2.01. The van der Waals surface area contributed by atoms with E-state index in [4.69, 9.17) is 4.74 Å². The summed E-state index contributed by atoms with van der Waals surface area (Å²) in [5.41, 5.74) is -0.102. The number of Topliss-reactive ketones (excluding diaryl/α,β-unsaturated/α-hetero) is 1. The van der Waals surface area contributed by atoms with Crippen LogP contribution in [0.4, 0.5) is 0 Å². The van der Waals surface area contributed by atoms with Gasteiger partial charge in [0.05, 0.1) is 18.8 Å². The van der Waals surface area contributed by atoms with Gasteiger partial charge in [-0.15, -0.1) is 0 Å². The van der Waals surface area contributed by atoms with Gasteiger partial charge < -0.3 is 4.74 Å². The Balaban J connectivity index is 2.42. The van der Waals surface area contributed by atoms with Gasteiger partial charge in [-0.2, -0.15) is 0 Å². The molecule has 0 amide bonds. The van der Waals surface area contributed by atoms with Crippen molar-refractivity contribution in [3.63, 3.8) is 0 Å². The Morgan fingerprint density at radius 2 is 2.14 bits per heavy atom. The number of carbonyl (C=O) groups is 1. The lowest BCUT2D eigenvalue weighted by molar-refractivity contribution is -0.128. The molecule has 0 aliphatic carbocycles. The van der Waals surface area contributed by atoms with Crippen molar-refractivity contribution < 1.29 is 9.53 Å². The van der Waals surface area contributed by atoms with E-state index in [1.807, 2.05) is 13.8 Å². The van der Waals surface area contributed by atoms with Gasteiger partial charge in [0.15, 0.2) is 0 Å². The van der Waals surface area contributed by atoms with Crippen LogP contribution in [0, 0.1) is 5.92 Å². The van der Waals surface area contributed by atoms with Crippen LogP contribution in [0.15, 0.2) is 0 Å². The zero-order chi connectivity index (χ0) is 10.8. The summed E-state index contributed by atoms with van der Waals surface area (Å²) in [4.78, 5) is 13.7. The molecule has 0 unspecified atom stereocenters. The maximum absolute atomic E-state index is 11.5. The molecule has 0 radical (unpaired) electrons. The molecule has 3 nitrogen and oxygen atoms in total. The molecule has 0 bridgehead atoms. The fourth-order valence-corrected chi connectivity index (χ4v) is 1.65. The molecule has 14 heavy (non-hydrogen) atoms. The van der Waals surface area contributed by atoms with Gasteiger partial charge in [-0.1, -0.05) is 13.8 Å². The van der Waals surface area contributed by atoms with E-state index in [1.54, 1.807) is 0 Å². The van der Waals surface area contributed by atoms with E-state index >= 15 is 0 Å². The molecule has 1 rings (SSSR count). The lowest BCUT2D eigenvalue weighted by Gasteiger charge is -2.38. The predicted octanol–water partition coefficient (Wildman–Crippen LogP) is 1.32. The van der Waals surface area contributed by atoms with E-state index in [0.717, 1.165) is 19.7 Å². The largest absolute Gasteiger partial charge is 0.373 e. The SMILES string of the molecule is CC(C)C(=O)CN1CCOC(C)(C)C1. The summed E-state index contributed by atoms with van der Waals surface area (Å²) in [6.07, 6.45) is 0. The summed E-state index contributed by atoms with van der Waals surface area (Å²) in [5.74, 6) is 0.462. The van der Waals surface area contributed by atoms with Gasteiger partial charge in [-0.3, -0.25) is 9.69 Å². The number of nitrogens with zero attached hydrogens (tertiary/aromatic N) is 1. The quantitative estimate of drug-likeness (QED) is 0.686. The lowest BCUT2D eigenvalue weighted by atomic mass is 10.1. The highest BCUT2D eigenvalue weighted by Crippen LogP contribution is 2.16. The van der Waals surface area contributed by atoms with Crippen molar-refractivity contribution in [3.05, 3.63) is 0 Å². The first-order chi connectivity index (χ1) is 6.41. The topological polar surface area (TPSA) is 29.5 Å². The van der Waals surface area contributed by atoms with Gasteiger partial charge in [0.25, 0.3) is 0 Å². The third-order valence-electron chi connectivity index (χ3n) is 2.53. The second-order valence-corrected chi connectivity index (χ2v) is 4.94. The zero-order valence-electron chi connectivity index (χ0n) is 9.67. The average molecular weight is 199 g/mol. The monoisotopic (exact) mass is 199 g/mol. The molecule has 82 valence electrons. The Labute approximate surface area is 86.4 Å². The highest BCUT2D eigenvalue weighted by Gasteiger charge is 2.28. The summed E-state index contributed by atoms with van der Waals surface area (Å²) >= 11 is 0. The van der Waals surface area contributed by atoms with Gasteiger partial charge in [-0.05, 0) is 13.8 Å². The molecule has 1 aliphatic heterocycles. The predicted molar refractivity (Wildman–Crippen MR) is 56.3 cm³/mol. The molecule has 0 spiro atoms. The van der Waals surface area contributed by atoms with Crippen molar-refractivity contribution in [2.45, 2.75) is 33.3 Å². The van der Waals surface area contributed by atoms with Crippen LogP contribution >= 0.6 is 0 Å². The van der Waals surface area contributed by atoms with Crippen LogP contribution in [0.2, 0.25) is 0 Å². The third kappa shape index (κ3) is 3.39. The second-order valence-electron chi connectivity index (χ2n) is 4.94. The van der Waals surface area contributed by atoms with Crippen LogP contribution in [0.3, 0.4) is 0 Å². The van der Waals surface area contributed by atoms with Gasteiger partial charge in [0.2, 0.25) is 0 Å². The smallest absolute Gasteiger partial charge is 0.149 e. The molecule has 1 saturated heterocycles. The number of carbonyl (C=O) groups excluding carboxylic acids is 1. The van der Waals surface area contributed by atoms with Crippen LogP contribution in [0.5, 0.6) is 0 Å². The number of rotatable bonds is 3. The Bertz CT molecular complexity index is 211. The summed E-state index contributed by atoms with van der Waals surface area (Å²) < 4.78 is 5.58. The highest BCUT2D eigenvalue weighted by molar-refractivity contribution is 5.82. The first kappa shape index (κ1) is 11.7. The lowest BCUT2D eigenvalue weighted by Crippen LogP contribution is -2.50. The Hall–Kier alpha value is -0.410. The van der Waals surface area contributed by atoms with Crippen LogP contribution in [0.25, 0.3) is 0 Å². The van der Waals surface area contributed by atoms with Gasteiger partial charge >= 0.3 is 0 Å². The fraction of sp³-hybridized carbons (Fsp3) is 0.909. The standard InChI is InChI=1S/C11H21NO2/c1-9(2)10(13)7-12-5-6-14-11(3,4)8-12/h9H,5-8H2,1-4H3. The van der Waals surface area contributed by atoms with Crippen molar-refractivity contribution >= 4 is 5.78 Å². The number of ketones is 1. The summed E-state index contributed by atoms with van der Waals surface area (Å²) in [6.45, 7) is 11.1. The van der Waals surface area contributed by atoms with E-state index < -0.39 is 0 Å². The maximum atomic E-state index is 11.5. The minimum Gasteiger partial charge on any atom is -0.373 e. The molecule has 1 heterocycles. The molecule has 0 N–H and O–H groups in total. The van der Waals surface area contributed by atoms with Crippen molar-refractivity contribution in [2.75, 3.05) is 26.2 Å². The molecule has 0 atom stereocenters. The zero-order valence-corrected chi connectivity index (χ0v) is 9.67. The van der Waals surface area contributed by atoms with E-state index in [0.29, 0.717) is 12.3 Å². The number of hydrogen-bond acceptors (Lipinski definition) is 3. The second kappa shape index (κ2) is 4.41. The first-order valence-electron chi connectivity index (χ1n) is 5.30. The molecule has 0 aromatic rings. The van der Waals surface area contributed by atoms with Crippen molar-refractivity contribution in [2.24, 2.45) is 5.92 Å². The van der Waals surface area contributed by atoms with Gasteiger partial charge in [0, 0.05) is 19.0 Å². The summed E-state index contributed by atoms with van der Waals surface area (Å²) in [6, 6.07) is 0. The van der Waals surface area contributed by atoms with Crippen LogP contribution in [-0.2, 0) is 9.53 Å². The maximum Gasteiger partial charge on any atom is 0.149 e. The normalized spacial score (nSPS) is 22.6. The van der Waals surface area contributed by atoms with Crippen LogP contribution < -0.4 is 0 Å². The van der Waals surface area contributed by atoms with Crippen molar-refractivity contribution in [3.8, 4) is 0 Å². The molecule has 3 heteroatoms. The highest BCUT2D eigenvalue weighted by atomic mass is 16.5. The summed E-state index contributed by atoms with van der Waals surface area (Å²) in [7, 11) is 0. The number of ether oxygens (including phenoxy) is 1. The molecular formula is C11H21NO2. The first-order valence-corrected chi connectivity index (χ1v) is 5.30. The van der Waals surface area contributed by atoms with Crippen LogP contribution in [-0.4, -0.2) is 42.5 Å². The minimum absolute atomic E-state index is 0.102. The molecule has 0 aromatic heterocycles. The third-order valence-corrected chi connectivity index (χ3v) is 2.53. The molecule has 0 saturated carbocycles. The summed E-state index contributed by atoms with van der Waals surface area (Å²) in [5, 5.41) is 0. The number of hydrogen-bond donors (Lipinski definition) is 0. The molecule has 0 aromatic carbocycles. The Morgan fingerprint density at radius 3 is 2.64 bits per heavy atom. The van der Waals surface area contributed by atoms with Crippen molar-refractivity contribution in [1.82, 2.24) is 4.90 Å². The van der Waals surface area contributed by atoms with Crippen LogP contribution in [0.1, 0.15) is 27.7 Å². The molecular weight excluding hydrogens is 178 g/mol. The number of morpholine rings is 1. The van der Waals surface area contributed by atoms with E-state index in [2.05, 4.69) is 18.7 Å². The Morgan fingerprint density at radius 1 is 1.50 bits per heavy atom. The molecule has 1 fully saturated rings. The van der Waals surface area contributed by atoms with Gasteiger partial charge in [0.1, 0.15) is 5.78 Å². The van der Waals surface area contributed by atoms with E-state index in [-0.39, 0.29) is 11.5 Å². The minimum atomic E-state index is -0.102. The van der Waals surface area contributed by atoms with Crippen molar-refractivity contribution in [1.29, 1.82) is 0 Å². The van der Waals surface area contributed by atoms with E-state index in [1.165, 1.54) is 0 Å².